The normalized spacial score (nSPS) is 10.4. The summed E-state index contributed by atoms with van der Waals surface area (Å²) >= 11 is 6.28. The van der Waals surface area contributed by atoms with Gasteiger partial charge in [-0.2, -0.15) is 0 Å². The Kier molecular flexibility index (Phi) is 6.95. The fraction of sp³-hybridized carbons (Fsp3) is 0.316. The SMILES string of the molecule is CCOc1c(Cl)cc(CNc2cccc(CCC(=O)O)c2)cc1OC. The molecule has 0 aromatic heterocycles. The number of ether oxygens (including phenoxy) is 2. The number of carbonyl (C=O) groups is 1. The molecular weight excluding hydrogens is 342 g/mol. The zero-order valence-electron chi connectivity index (χ0n) is 14.3. The second-order valence-corrected chi connectivity index (χ2v) is 5.90. The van der Waals surface area contributed by atoms with Gasteiger partial charge in [0.2, 0.25) is 0 Å². The summed E-state index contributed by atoms with van der Waals surface area (Å²) in [5.74, 6) is 0.349. The Morgan fingerprint density at radius 1 is 1.24 bits per heavy atom. The van der Waals surface area contributed by atoms with Crippen molar-refractivity contribution in [2.75, 3.05) is 19.0 Å². The van der Waals surface area contributed by atoms with Crippen LogP contribution in [0.2, 0.25) is 5.02 Å². The van der Waals surface area contributed by atoms with Crippen molar-refractivity contribution in [2.24, 2.45) is 0 Å². The van der Waals surface area contributed by atoms with Crippen LogP contribution >= 0.6 is 11.6 Å². The smallest absolute Gasteiger partial charge is 0.303 e. The molecule has 0 aliphatic rings. The molecule has 0 heterocycles. The van der Waals surface area contributed by atoms with E-state index in [-0.39, 0.29) is 6.42 Å². The average Bonchev–Trinajstić information content (AvgIpc) is 2.60. The molecule has 5 nitrogen and oxygen atoms in total. The van der Waals surface area contributed by atoms with Gasteiger partial charge in [0.05, 0.1) is 18.7 Å². The summed E-state index contributed by atoms with van der Waals surface area (Å²) in [6, 6.07) is 11.5. The molecule has 2 aromatic rings. The number of aliphatic carboxylic acids is 1. The summed E-state index contributed by atoms with van der Waals surface area (Å²) in [6.07, 6.45) is 0.628. The molecule has 0 radical (unpaired) electrons. The van der Waals surface area contributed by atoms with E-state index in [0.29, 0.717) is 36.1 Å². The van der Waals surface area contributed by atoms with E-state index in [2.05, 4.69) is 5.32 Å². The molecule has 2 N–H and O–H groups in total. The number of hydrogen-bond acceptors (Lipinski definition) is 4. The molecule has 134 valence electrons. The van der Waals surface area contributed by atoms with Gasteiger partial charge >= 0.3 is 5.97 Å². The van der Waals surface area contributed by atoms with E-state index in [4.69, 9.17) is 26.2 Å². The minimum Gasteiger partial charge on any atom is -0.493 e. The number of carboxylic acid groups (broad SMARTS) is 1. The first kappa shape index (κ1) is 18.9. The van der Waals surface area contributed by atoms with Crippen LogP contribution in [0.4, 0.5) is 5.69 Å². The van der Waals surface area contributed by atoms with Gasteiger partial charge in [0.15, 0.2) is 11.5 Å². The highest BCUT2D eigenvalue weighted by Gasteiger charge is 2.11. The summed E-state index contributed by atoms with van der Waals surface area (Å²) in [5.41, 5.74) is 2.86. The van der Waals surface area contributed by atoms with Crippen LogP contribution < -0.4 is 14.8 Å². The maximum absolute atomic E-state index is 10.7. The summed E-state index contributed by atoms with van der Waals surface area (Å²) in [6.45, 7) is 2.96. The number of carboxylic acids is 1. The van der Waals surface area contributed by atoms with Crippen molar-refractivity contribution in [1.82, 2.24) is 0 Å². The van der Waals surface area contributed by atoms with Crippen molar-refractivity contribution in [3.05, 3.63) is 52.5 Å². The first-order valence-corrected chi connectivity index (χ1v) is 8.45. The lowest BCUT2D eigenvalue weighted by molar-refractivity contribution is -0.136. The number of benzene rings is 2. The highest BCUT2D eigenvalue weighted by Crippen LogP contribution is 2.36. The standard InChI is InChI=1S/C19H22ClNO4/c1-3-25-19-16(20)10-14(11-17(19)24-2)12-21-15-6-4-5-13(9-15)7-8-18(22)23/h4-6,9-11,21H,3,7-8,12H2,1-2H3,(H,22,23). The van der Waals surface area contributed by atoms with Crippen molar-refractivity contribution in [2.45, 2.75) is 26.3 Å². The van der Waals surface area contributed by atoms with Crippen molar-refractivity contribution < 1.29 is 19.4 Å². The van der Waals surface area contributed by atoms with Gasteiger partial charge in [-0.15, -0.1) is 0 Å². The van der Waals surface area contributed by atoms with Gasteiger partial charge in [-0.25, -0.2) is 0 Å². The summed E-state index contributed by atoms with van der Waals surface area (Å²) in [7, 11) is 1.58. The molecule has 0 amide bonds. The van der Waals surface area contributed by atoms with Crippen LogP contribution in [-0.4, -0.2) is 24.8 Å². The van der Waals surface area contributed by atoms with Gasteiger partial charge in [0.25, 0.3) is 0 Å². The molecule has 2 aromatic carbocycles. The minimum absolute atomic E-state index is 0.120. The van der Waals surface area contributed by atoms with Crippen LogP contribution in [0.25, 0.3) is 0 Å². The summed E-state index contributed by atoms with van der Waals surface area (Å²) in [4.78, 5) is 10.7. The second-order valence-electron chi connectivity index (χ2n) is 5.49. The average molecular weight is 364 g/mol. The monoisotopic (exact) mass is 363 g/mol. The molecular formula is C19H22ClNO4. The van der Waals surface area contributed by atoms with Gasteiger partial charge < -0.3 is 19.9 Å². The molecule has 0 aliphatic heterocycles. The molecule has 0 bridgehead atoms. The Morgan fingerprint density at radius 3 is 2.72 bits per heavy atom. The maximum Gasteiger partial charge on any atom is 0.303 e. The van der Waals surface area contributed by atoms with E-state index in [1.54, 1.807) is 7.11 Å². The third-order valence-electron chi connectivity index (χ3n) is 3.63. The first-order chi connectivity index (χ1) is 12.0. The van der Waals surface area contributed by atoms with Crippen molar-refractivity contribution in [3.63, 3.8) is 0 Å². The first-order valence-electron chi connectivity index (χ1n) is 8.07. The quantitative estimate of drug-likeness (QED) is 0.692. The summed E-state index contributed by atoms with van der Waals surface area (Å²) in [5, 5.41) is 12.6. The molecule has 0 aliphatic carbocycles. The molecule has 0 spiro atoms. The lowest BCUT2D eigenvalue weighted by Gasteiger charge is -2.14. The van der Waals surface area contributed by atoms with Gasteiger partial charge in [-0.3, -0.25) is 4.79 Å². The number of hydrogen-bond donors (Lipinski definition) is 2. The molecule has 25 heavy (non-hydrogen) atoms. The van der Waals surface area contributed by atoms with Gasteiger partial charge in [-0.05, 0) is 48.7 Å². The van der Waals surface area contributed by atoms with E-state index in [0.717, 1.165) is 16.8 Å². The Morgan fingerprint density at radius 2 is 2.04 bits per heavy atom. The number of anilines is 1. The molecule has 6 heteroatoms. The lowest BCUT2D eigenvalue weighted by atomic mass is 10.1. The third-order valence-corrected chi connectivity index (χ3v) is 3.91. The third kappa shape index (κ3) is 5.57. The van der Waals surface area contributed by atoms with Crippen LogP contribution in [0, 0.1) is 0 Å². The lowest BCUT2D eigenvalue weighted by Crippen LogP contribution is -2.03. The van der Waals surface area contributed by atoms with Crippen LogP contribution in [0.3, 0.4) is 0 Å². The molecule has 0 saturated heterocycles. The van der Waals surface area contributed by atoms with Crippen LogP contribution in [0.15, 0.2) is 36.4 Å². The Hall–Kier alpha value is -2.40. The number of rotatable bonds is 9. The van der Waals surface area contributed by atoms with Crippen LogP contribution in [-0.2, 0) is 17.8 Å². The van der Waals surface area contributed by atoms with E-state index >= 15 is 0 Å². The second kappa shape index (κ2) is 9.18. The van der Waals surface area contributed by atoms with E-state index < -0.39 is 5.97 Å². The van der Waals surface area contributed by atoms with Gasteiger partial charge in [-0.1, -0.05) is 23.7 Å². The fourth-order valence-corrected chi connectivity index (χ4v) is 2.74. The number of nitrogens with one attached hydrogen (secondary N) is 1. The largest absolute Gasteiger partial charge is 0.493 e. The van der Waals surface area contributed by atoms with Gasteiger partial charge in [0.1, 0.15) is 0 Å². The van der Waals surface area contributed by atoms with Crippen molar-refractivity contribution in [3.8, 4) is 11.5 Å². The topological polar surface area (TPSA) is 67.8 Å². The highest BCUT2D eigenvalue weighted by molar-refractivity contribution is 6.32. The number of aryl methyl sites for hydroxylation is 1. The van der Waals surface area contributed by atoms with Gasteiger partial charge in [0, 0.05) is 18.7 Å². The predicted molar refractivity (Wildman–Crippen MR) is 98.9 cm³/mol. The Bertz CT molecular complexity index is 733. The molecule has 0 fully saturated rings. The minimum atomic E-state index is -0.797. The highest BCUT2D eigenvalue weighted by atomic mass is 35.5. The Balaban J connectivity index is 2.07. The van der Waals surface area contributed by atoms with Crippen LogP contribution in [0.5, 0.6) is 11.5 Å². The zero-order valence-corrected chi connectivity index (χ0v) is 15.1. The predicted octanol–water partition coefficient (Wildman–Crippen LogP) is 4.38. The molecule has 0 atom stereocenters. The molecule has 2 rings (SSSR count). The summed E-state index contributed by atoms with van der Waals surface area (Å²) < 4.78 is 10.9. The maximum atomic E-state index is 10.7. The molecule has 0 saturated carbocycles. The number of methoxy groups -OCH3 is 1. The van der Waals surface area contributed by atoms with Crippen LogP contribution in [0.1, 0.15) is 24.5 Å². The van der Waals surface area contributed by atoms with Crippen molar-refractivity contribution >= 4 is 23.3 Å². The Labute approximate surface area is 152 Å². The fourth-order valence-electron chi connectivity index (χ4n) is 2.45. The van der Waals surface area contributed by atoms with Crippen molar-refractivity contribution in [1.29, 1.82) is 0 Å². The van der Waals surface area contributed by atoms with E-state index in [1.807, 2.05) is 43.3 Å². The zero-order chi connectivity index (χ0) is 18.2. The number of halogens is 1. The van der Waals surface area contributed by atoms with E-state index in [1.165, 1.54) is 0 Å². The van der Waals surface area contributed by atoms with E-state index in [9.17, 15) is 4.79 Å². The molecule has 0 unspecified atom stereocenters.